The molecule has 0 spiro atoms. The van der Waals surface area contributed by atoms with E-state index in [1.54, 1.807) is 0 Å². The van der Waals surface area contributed by atoms with Crippen molar-refractivity contribution < 1.29 is 4.74 Å². The maximum atomic E-state index is 5.90. The molecule has 100 valence electrons. The number of rotatable bonds is 4. The van der Waals surface area contributed by atoms with Crippen LogP contribution in [0.5, 0.6) is 5.75 Å². The highest BCUT2D eigenvalue weighted by Gasteiger charge is 2.05. The molecule has 1 heterocycles. The van der Waals surface area contributed by atoms with Crippen LogP contribution in [0.4, 0.5) is 0 Å². The number of alkyl halides is 1. The van der Waals surface area contributed by atoms with Crippen LogP contribution < -0.4 is 4.74 Å². The Morgan fingerprint density at radius 3 is 2.55 bits per heavy atom. The van der Waals surface area contributed by atoms with Crippen molar-refractivity contribution in [1.29, 1.82) is 0 Å². The highest BCUT2D eigenvalue weighted by atomic mass is 35.5. The molecule has 0 saturated heterocycles. The van der Waals surface area contributed by atoms with Gasteiger partial charge >= 0.3 is 0 Å². The Hall–Kier alpha value is -2.06. The average Bonchev–Trinajstić information content (AvgIpc) is 2.53. The van der Waals surface area contributed by atoms with Crippen molar-refractivity contribution in [3.05, 3.63) is 71.9 Å². The third-order valence-electron chi connectivity index (χ3n) is 3.11. The van der Waals surface area contributed by atoms with E-state index >= 15 is 0 Å². The number of pyridine rings is 1. The quantitative estimate of drug-likeness (QED) is 0.655. The Labute approximate surface area is 123 Å². The fourth-order valence-corrected chi connectivity index (χ4v) is 2.24. The van der Waals surface area contributed by atoms with Crippen molar-refractivity contribution in [3.8, 4) is 5.75 Å². The van der Waals surface area contributed by atoms with Gasteiger partial charge in [-0.15, -0.1) is 11.6 Å². The van der Waals surface area contributed by atoms with Crippen molar-refractivity contribution in [3.63, 3.8) is 0 Å². The number of para-hydroxylation sites is 1. The second kappa shape index (κ2) is 5.93. The van der Waals surface area contributed by atoms with Crippen LogP contribution >= 0.6 is 11.6 Å². The molecule has 3 heteroatoms. The third kappa shape index (κ3) is 2.75. The molecule has 0 N–H and O–H groups in total. The van der Waals surface area contributed by atoms with Gasteiger partial charge in [0.1, 0.15) is 17.9 Å². The van der Waals surface area contributed by atoms with E-state index in [2.05, 4.69) is 4.98 Å². The van der Waals surface area contributed by atoms with Gasteiger partial charge in [-0.05, 0) is 17.7 Å². The summed E-state index contributed by atoms with van der Waals surface area (Å²) in [6, 6.07) is 20.0. The molecule has 0 radical (unpaired) electrons. The Balaban J connectivity index is 1.90. The summed E-state index contributed by atoms with van der Waals surface area (Å²) in [6.07, 6.45) is 0. The largest absolute Gasteiger partial charge is 0.487 e. The number of hydrogen-bond acceptors (Lipinski definition) is 2. The molecule has 2 nitrogen and oxygen atoms in total. The van der Waals surface area contributed by atoms with Gasteiger partial charge < -0.3 is 4.74 Å². The molecular weight excluding hydrogens is 270 g/mol. The van der Waals surface area contributed by atoms with Crippen molar-refractivity contribution >= 4 is 22.5 Å². The summed E-state index contributed by atoms with van der Waals surface area (Å²) in [6.45, 7) is 0.534. The molecule has 0 fully saturated rings. The monoisotopic (exact) mass is 283 g/mol. The Morgan fingerprint density at radius 1 is 0.900 bits per heavy atom. The maximum absolute atomic E-state index is 5.90. The summed E-state index contributed by atoms with van der Waals surface area (Å²) in [4.78, 5) is 4.55. The topological polar surface area (TPSA) is 22.1 Å². The van der Waals surface area contributed by atoms with Crippen LogP contribution in [0.15, 0.2) is 60.7 Å². The van der Waals surface area contributed by atoms with Crippen LogP contribution in [-0.2, 0) is 12.5 Å². The minimum Gasteiger partial charge on any atom is -0.487 e. The summed E-state index contributed by atoms with van der Waals surface area (Å²) in [5.74, 6) is 1.20. The number of fused-ring (bicyclic) bond motifs is 1. The summed E-state index contributed by atoms with van der Waals surface area (Å²) in [5, 5.41) is 1.06. The molecule has 0 saturated carbocycles. The molecule has 3 aromatic rings. The Bertz CT molecular complexity index is 713. The number of hydrogen-bond donors (Lipinski definition) is 0. The number of ether oxygens (including phenoxy) is 1. The molecule has 1 aromatic heterocycles. The molecule has 0 aliphatic rings. The van der Waals surface area contributed by atoms with Gasteiger partial charge in [-0.1, -0.05) is 48.5 Å². The summed E-state index contributed by atoms with van der Waals surface area (Å²) in [7, 11) is 0. The van der Waals surface area contributed by atoms with Crippen LogP contribution in [0, 0.1) is 0 Å². The first-order chi connectivity index (χ1) is 9.86. The van der Waals surface area contributed by atoms with E-state index in [0.29, 0.717) is 12.5 Å². The highest BCUT2D eigenvalue weighted by Crippen LogP contribution is 2.25. The van der Waals surface area contributed by atoms with E-state index in [-0.39, 0.29) is 0 Å². The molecule has 0 unspecified atom stereocenters. The SMILES string of the molecule is ClCc1ccc2cccc(OCc3ccccc3)c2n1. The zero-order chi connectivity index (χ0) is 13.8. The summed E-state index contributed by atoms with van der Waals surface area (Å²) < 4.78 is 5.90. The smallest absolute Gasteiger partial charge is 0.146 e. The molecule has 0 aliphatic heterocycles. The van der Waals surface area contributed by atoms with E-state index in [0.717, 1.165) is 27.9 Å². The first kappa shape index (κ1) is 12.9. The molecule has 3 rings (SSSR count). The lowest BCUT2D eigenvalue weighted by atomic mass is 10.2. The number of benzene rings is 2. The zero-order valence-corrected chi connectivity index (χ0v) is 11.7. The fourth-order valence-electron chi connectivity index (χ4n) is 2.09. The molecule has 0 aliphatic carbocycles. The second-order valence-corrected chi connectivity index (χ2v) is 4.81. The van der Waals surface area contributed by atoms with Crippen LogP contribution in [0.1, 0.15) is 11.3 Å². The van der Waals surface area contributed by atoms with E-state index < -0.39 is 0 Å². The van der Waals surface area contributed by atoms with Crippen molar-refractivity contribution in [2.75, 3.05) is 0 Å². The third-order valence-corrected chi connectivity index (χ3v) is 3.39. The van der Waals surface area contributed by atoms with Crippen molar-refractivity contribution in [2.24, 2.45) is 0 Å². The minimum absolute atomic E-state index is 0.406. The zero-order valence-electron chi connectivity index (χ0n) is 10.9. The second-order valence-electron chi connectivity index (χ2n) is 4.54. The first-order valence-corrected chi connectivity index (χ1v) is 7.01. The number of halogens is 1. The van der Waals surface area contributed by atoms with Gasteiger partial charge in [-0.3, -0.25) is 0 Å². The normalized spacial score (nSPS) is 10.7. The fraction of sp³-hybridized carbons (Fsp3) is 0.118. The maximum Gasteiger partial charge on any atom is 0.146 e. The van der Waals surface area contributed by atoms with E-state index in [1.807, 2.05) is 60.7 Å². The van der Waals surface area contributed by atoms with Gasteiger partial charge in [0.2, 0.25) is 0 Å². The van der Waals surface area contributed by atoms with E-state index in [9.17, 15) is 0 Å². The number of nitrogens with zero attached hydrogens (tertiary/aromatic N) is 1. The van der Waals surface area contributed by atoms with Gasteiger partial charge in [0.05, 0.1) is 11.6 Å². The van der Waals surface area contributed by atoms with Gasteiger partial charge in [0.15, 0.2) is 0 Å². The molecular formula is C17H14ClNO. The average molecular weight is 284 g/mol. The van der Waals surface area contributed by atoms with Crippen LogP contribution in [0.25, 0.3) is 10.9 Å². The lowest BCUT2D eigenvalue weighted by Crippen LogP contribution is -1.97. The Kier molecular flexibility index (Phi) is 3.84. The number of aromatic nitrogens is 1. The van der Waals surface area contributed by atoms with E-state index in [1.165, 1.54) is 0 Å². The minimum atomic E-state index is 0.406. The van der Waals surface area contributed by atoms with Crippen molar-refractivity contribution in [1.82, 2.24) is 4.98 Å². The summed E-state index contributed by atoms with van der Waals surface area (Å²) >= 11 is 5.85. The lowest BCUT2D eigenvalue weighted by molar-refractivity contribution is 0.309. The predicted molar refractivity (Wildman–Crippen MR) is 82.1 cm³/mol. The Morgan fingerprint density at radius 2 is 1.75 bits per heavy atom. The summed E-state index contributed by atoms with van der Waals surface area (Å²) in [5.41, 5.74) is 2.86. The standard InChI is InChI=1S/C17H14ClNO/c18-11-15-10-9-14-7-4-8-16(17(14)19-15)20-12-13-5-2-1-3-6-13/h1-10H,11-12H2. The van der Waals surface area contributed by atoms with Crippen LogP contribution in [-0.4, -0.2) is 4.98 Å². The van der Waals surface area contributed by atoms with Crippen LogP contribution in [0.2, 0.25) is 0 Å². The molecule has 20 heavy (non-hydrogen) atoms. The van der Waals surface area contributed by atoms with Crippen molar-refractivity contribution in [2.45, 2.75) is 12.5 Å². The van der Waals surface area contributed by atoms with Gasteiger partial charge in [-0.25, -0.2) is 4.98 Å². The molecule has 0 atom stereocenters. The van der Waals surface area contributed by atoms with E-state index in [4.69, 9.17) is 16.3 Å². The first-order valence-electron chi connectivity index (χ1n) is 6.48. The highest BCUT2D eigenvalue weighted by molar-refractivity contribution is 6.17. The van der Waals surface area contributed by atoms with Gasteiger partial charge in [0, 0.05) is 5.39 Å². The lowest BCUT2D eigenvalue weighted by Gasteiger charge is -2.09. The molecule has 0 bridgehead atoms. The van der Waals surface area contributed by atoms with Gasteiger partial charge in [-0.2, -0.15) is 0 Å². The van der Waals surface area contributed by atoms with Gasteiger partial charge in [0.25, 0.3) is 0 Å². The molecule has 0 amide bonds. The predicted octanol–water partition coefficient (Wildman–Crippen LogP) is 4.55. The van der Waals surface area contributed by atoms with Crippen LogP contribution in [0.3, 0.4) is 0 Å². The molecule has 2 aromatic carbocycles.